The van der Waals surface area contributed by atoms with E-state index in [0.29, 0.717) is 25.9 Å². The molecule has 0 spiro atoms. The highest BCUT2D eigenvalue weighted by Gasteiger charge is 2.22. The van der Waals surface area contributed by atoms with Crippen LogP contribution in [0.1, 0.15) is 12.8 Å². The Morgan fingerprint density at radius 3 is 2.39 bits per heavy atom. The highest BCUT2D eigenvalue weighted by Crippen LogP contribution is 2.19. The summed E-state index contributed by atoms with van der Waals surface area (Å²) < 4.78 is 26.7. The van der Waals surface area contributed by atoms with Crippen LogP contribution in [0, 0.1) is 11.6 Å². The molecule has 0 radical (unpaired) electrons. The quantitative estimate of drug-likeness (QED) is 0.805. The zero-order valence-electron chi connectivity index (χ0n) is 9.83. The second kappa shape index (κ2) is 5.30. The maximum atomic E-state index is 13.3. The molecule has 1 saturated heterocycles. The SMILES string of the molecule is NC1CCN(C(=O)Nc2c(F)cccc2F)CC1. The van der Waals surface area contributed by atoms with Crippen LogP contribution in [0.15, 0.2) is 18.2 Å². The lowest BCUT2D eigenvalue weighted by Gasteiger charge is -2.30. The van der Waals surface area contributed by atoms with Gasteiger partial charge in [-0.2, -0.15) is 0 Å². The molecule has 0 unspecified atom stereocenters. The van der Waals surface area contributed by atoms with Gasteiger partial charge in [0, 0.05) is 19.1 Å². The summed E-state index contributed by atoms with van der Waals surface area (Å²) in [6.45, 7) is 1.01. The summed E-state index contributed by atoms with van der Waals surface area (Å²) in [4.78, 5) is 13.3. The highest BCUT2D eigenvalue weighted by atomic mass is 19.1. The number of likely N-dealkylation sites (tertiary alicyclic amines) is 1. The molecule has 0 atom stereocenters. The van der Waals surface area contributed by atoms with E-state index < -0.39 is 23.4 Å². The Kier molecular flexibility index (Phi) is 3.76. The predicted octanol–water partition coefficient (Wildman–Crippen LogP) is 1.92. The number of anilines is 1. The number of piperidine rings is 1. The Morgan fingerprint density at radius 2 is 1.83 bits per heavy atom. The van der Waals surface area contributed by atoms with Crippen molar-refractivity contribution in [3.8, 4) is 0 Å². The van der Waals surface area contributed by atoms with E-state index in [1.54, 1.807) is 0 Å². The van der Waals surface area contributed by atoms with Crippen molar-refractivity contribution < 1.29 is 13.6 Å². The second-order valence-electron chi connectivity index (χ2n) is 4.35. The molecule has 2 rings (SSSR count). The molecular formula is C12H15F2N3O. The molecule has 18 heavy (non-hydrogen) atoms. The van der Waals surface area contributed by atoms with Crippen LogP contribution in [0.4, 0.5) is 19.3 Å². The van der Waals surface area contributed by atoms with Gasteiger partial charge in [-0.3, -0.25) is 0 Å². The van der Waals surface area contributed by atoms with Gasteiger partial charge in [0.1, 0.15) is 17.3 Å². The van der Waals surface area contributed by atoms with Gasteiger partial charge in [-0.25, -0.2) is 13.6 Å². The number of nitrogens with two attached hydrogens (primary N) is 1. The average molecular weight is 255 g/mol. The molecule has 1 aliphatic heterocycles. The molecule has 1 aromatic rings. The molecule has 1 fully saturated rings. The summed E-state index contributed by atoms with van der Waals surface area (Å²) in [5.74, 6) is -1.56. The first-order chi connectivity index (χ1) is 8.58. The van der Waals surface area contributed by atoms with E-state index in [4.69, 9.17) is 5.73 Å². The first-order valence-electron chi connectivity index (χ1n) is 5.83. The van der Waals surface area contributed by atoms with Gasteiger partial charge in [0.25, 0.3) is 0 Å². The van der Waals surface area contributed by atoms with Gasteiger partial charge in [-0.1, -0.05) is 6.07 Å². The summed E-state index contributed by atoms with van der Waals surface area (Å²) in [5.41, 5.74) is 5.31. The van der Waals surface area contributed by atoms with Crippen molar-refractivity contribution in [3.05, 3.63) is 29.8 Å². The summed E-state index contributed by atoms with van der Waals surface area (Å²) in [5, 5.41) is 2.26. The first-order valence-corrected chi connectivity index (χ1v) is 5.83. The minimum absolute atomic E-state index is 0.0965. The number of hydrogen-bond donors (Lipinski definition) is 2. The molecule has 1 aromatic carbocycles. The van der Waals surface area contributed by atoms with Crippen LogP contribution >= 0.6 is 0 Å². The van der Waals surface area contributed by atoms with Crippen LogP contribution in [0.5, 0.6) is 0 Å². The number of nitrogens with one attached hydrogen (secondary N) is 1. The molecule has 1 heterocycles. The van der Waals surface area contributed by atoms with Crippen molar-refractivity contribution in [1.82, 2.24) is 4.90 Å². The van der Waals surface area contributed by atoms with Crippen molar-refractivity contribution in [2.75, 3.05) is 18.4 Å². The Bertz CT molecular complexity index is 425. The molecule has 0 saturated carbocycles. The zero-order valence-corrected chi connectivity index (χ0v) is 9.83. The predicted molar refractivity (Wildman–Crippen MR) is 64.2 cm³/mol. The average Bonchev–Trinajstić information content (AvgIpc) is 2.34. The number of hydrogen-bond acceptors (Lipinski definition) is 2. The fraction of sp³-hybridized carbons (Fsp3) is 0.417. The summed E-state index contributed by atoms with van der Waals surface area (Å²) in [7, 11) is 0. The topological polar surface area (TPSA) is 58.4 Å². The lowest BCUT2D eigenvalue weighted by molar-refractivity contribution is 0.195. The van der Waals surface area contributed by atoms with E-state index in [1.165, 1.54) is 11.0 Å². The molecule has 98 valence electrons. The Morgan fingerprint density at radius 1 is 1.28 bits per heavy atom. The number of carbonyl (C=O) groups excluding carboxylic acids is 1. The van der Waals surface area contributed by atoms with E-state index in [9.17, 15) is 13.6 Å². The number of benzene rings is 1. The van der Waals surface area contributed by atoms with Gasteiger partial charge in [0.2, 0.25) is 0 Å². The van der Waals surface area contributed by atoms with Crippen LogP contribution in [0.25, 0.3) is 0 Å². The molecule has 0 aliphatic carbocycles. The van der Waals surface area contributed by atoms with Crippen LogP contribution in [-0.4, -0.2) is 30.1 Å². The number of carbonyl (C=O) groups is 1. The fourth-order valence-corrected chi connectivity index (χ4v) is 1.91. The van der Waals surface area contributed by atoms with Crippen molar-refractivity contribution in [2.45, 2.75) is 18.9 Å². The lowest BCUT2D eigenvalue weighted by Crippen LogP contribution is -2.44. The third-order valence-corrected chi connectivity index (χ3v) is 3.02. The van der Waals surface area contributed by atoms with Crippen LogP contribution in [0.3, 0.4) is 0 Å². The number of urea groups is 1. The largest absolute Gasteiger partial charge is 0.328 e. The molecule has 0 aromatic heterocycles. The Balaban J connectivity index is 2.03. The van der Waals surface area contributed by atoms with Crippen molar-refractivity contribution >= 4 is 11.7 Å². The Hall–Kier alpha value is -1.69. The van der Waals surface area contributed by atoms with Crippen LogP contribution in [-0.2, 0) is 0 Å². The standard InChI is InChI=1S/C12H15F2N3O/c13-9-2-1-3-10(14)11(9)16-12(18)17-6-4-8(15)5-7-17/h1-3,8H,4-7,15H2,(H,16,18). The van der Waals surface area contributed by atoms with Crippen LogP contribution in [0.2, 0.25) is 0 Å². The summed E-state index contributed by atoms with van der Waals surface area (Å²) >= 11 is 0. The molecule has 1 aliphatic rings. The molecule has 3 N–H and O–H groups in total. The minimum atomic E-state index is -0.780. The third kappa shape index (κ3) is 2.76. The fourth-order valence-electron chi connectivity index (χ4n) is 1.91. The highest BCUT2D eigenvalue weighted by molar-refractivity contribution is 5.89. The number of rotatable bonds is 1. The first kappa shape index (κ1) is 12.8. The summed E-state index contributed by atoms with van der Waals surface area (Å²) in [6.07, 6.45) is 1.40. The van der Waals surface area contributed by atoms with Gasteiger partial charge in [0.05, 0.1) is 0 Å². The van der Waals surface area contributed by atoms with Gasteiger partial charge in [-0.05, 0) is 25.0 Å². The molecule has 2 amide bonds. The smallest absolute Gasteiger partial charge is 0.322 e. The number of nitrogens with zero attached hydrogens (tertiary/aromatic N) is 1. The van der Waals surface area contributed by atoms with Crippen LogP contribution < -0.4 is 11.1 Å². The Labute approximate surface area is 104 Å². The lowest BCUT2D eigenvalue weighted by atomic mass is 10.1. The minimum Gasteiger partial charge on any atom is -0.328 e. The van der Waals surface area contributed by atoms with Crippen molar-refractivity contribution in [1.29, 1.82) is 0 Å². The number of amides is 2. The van der Waals surface area contributed by atoms with Gasteiger partial charge in [0.15, 0.2) is 0 Å². The van der Waals surface area contributed by atoms with Crippen molar-refractivity contribution in [2.24, 2.45) is 5.73 Å². The zero-order chi connectivity index (χ0) is 13.1. The number of para-hydroxylation sites is 1. The second-order valence-corrected chi connectivity index (χ2v) is 4.35. The van der Waals surface area contributed by atoms with Gasteiger partial charge >= 0.3 is 6.03 Å². The van der Waals surface area contributed by atoms with E-state index in [-0.39, 0.29) is 6.04 Å². The van der Waals surface area contributed by atoms with E-state index in [2.05, 4.69) is 5.32 Å². The molecule has 4 nitrogen and oxygen atoms in total. The maximum absolute atomic E-state index is 13.3. The van der Waals surface area contributed by atoms with Gasteiger partial charge < -0.3 is 16.0 Å². The normalized spacial score (nSPS) is 16.7. The third-order valence-electron chi connectivity index (χ3n) is 3.02. The van der Waals surface area contributed by atoms with Crippen molar-refractivity contribution in [3.63, 3.8) is 0 Å². The monoisotopic (exact) mass is 255 g/mol. The molecule has 6 heteroatoms. The number of halogens is 2. The van der Waals surface area contributed by atoms with E-state index in [0.717, 1.165) is 12.1 Å². The van der Waals surface area contributed by atoms with Gasteiger partial charge in [-0.15, -0.1) is 0 Å². The molecular weight excluding hydrogens is 240 g/mol. The van der Waals surface area contributed by atoms with E-state index in [1.807, 2.05) is 0 Å². The molecule has 0 bridgehead atoms. The summed E-state index contributed by atoms with van der Waals surface area (Å²) in [6, 6.07) is 3.06. The maximum Gasteiger partial charge on any atom is 0.322 e. The van der Waals surface area contributed by atoms with E-state index >= 15 is 0 Å².